The Hall–Kier alpha value is -3.65. The fraction of sp³-hybridized carbons (Fsp3) is 0.217. The van der Waals surface area contributed by atoms with Crippen LogP contribution in [-0.2, 0) is 22.2 Å². The lowest BCUT2D eigenvalue weighted by Gasteiger charge is -2.12. The maximum absolute atomic E-state index is 12.9. The number of thiazole rings is 1. The molecule has 0 aliphatic rings. The van der Waals surface area contributed by atoms with Crippen molar-refractivity contribution in [3.63, 3.8) is 0 Å². The predicted molar refractivity (Wildman–Crippen MR) is 135 cm³/mol. The Bertz CT molecular complexity index is 1300. The number of anilines is 2. The molecular weight excluding hydrogens is 581 g/mol. The number of carboxylic acid groups (broad SMARTS) is 1. The molecule has 37 heavy (non-hydrogen) atoms. The maximum Gasteiger partial charge on any atom is 0.416 e. The molecule has 3 N–H and O–H groups in total. The van der Waals surface area contributed by atoms with E-state index in [9.17, 15) is 22.8 Å². The molecule has 1 amide bonds. The van der Waals surface area contributed by atoms with Gasteiger partial charge in [-0.05, 0) is 53.2 Å². The van der Waals surface area contributed by atoms with Gasteiger partial charge in [0.1, 0.15) is 0 Å². The molecular formula is C23H20BrF3N4O5S. The molecule has 2 aromatic carbocycles. The molecule has 3 aromatic rings. The summed E-state index contributed by atoms with van der Waals surface area (Å²) in [6.45, 7) is 1.54. The Morgan fingerprint density at radius 3 is 2.68 bits per heavy atom. The Kier molecular flexibility index (Phi) is 9.47. The molecule has 0 atom stereocenters. The van der Waals surface area contributed by atoms with Crippen molar-refractivity contribution in [1.82, 2.24) is 10.4 Å². The van der Waals surface area contributed by atoms with Gasteiger partial charge in [0.15, 0.2) is 23.2 Å². The van der Waals surface area contributed by atoms with Crippen LogP contribution < -0.4 is 20.2 Å². The minimum absolute atomic E-state index is 0.106. The van der Waals surface area contributed by atoms with E-state index in [0.717, 1.165) is 23.5 Å². The van der Waals surface area contributed by atoms with Gasteiger partial charge in [-0.15, -0.1) is 11.3 Å². The van der Waals surface area contributed by atoms with E-state index in [4.69, 9.17) is 14.6 Å². The fourth-order valence-corrected chi connectivity index (χ4v) is 4.05. The van der Waals surface area contributed by atoms with E-state index < -0.39 is 30.2 Å². The van der Waals surface area contributed by atoms with Crippen LogP contribution in [0.5, 0.6) is 11.5 Å². The summed E-state index contributed by atoms with van der Waals surface area (Å²) in [5.41, 5.74) is 2.76. The third kappa shape index (κ3) is 8.46. The number of hydrazone groups is 1. The number of carbonyl (C=O) groups excluding carboxylic acids is 1. The van der Waals surface area contributed by atoms with Gasteiger partial charge in [-0.1, -0.05) is 6.07 Å². The standard InChI is InChI=1S/C23H20BrF3N4O5S/c1-2-35-18-6-13(17(24)9-19(18)36-11-21(33)34)10-28-31-20(32)8-16-12-37-22(30-16)29-15-5-3-4-14(7-15)23(25,26)27/h3-7,9-10,12H,2,8,11H2,1H3,(H,29,30)(H,31,32)(H,33,34)/b28-10-. The van der Waals surface area contributed by atoms with Crippen LogP contribution in [-0.4, -0.2) is 41.4 Å². The van der Waals surface area contributed by atoms with Crippen LogP contribution in [0.25, 0.3) is 0 Å². The number of halogens is 4. The lowest BCUT2D eigenvalue weighted by Crippen LogP contribution is -2.20. The minimum Gasteiger partial charge on any atom is -0.490 e. The zero-order valence-electron chi connectivity index (χ0n) is 19.1. The summed E-state index contributed by atoms with van der Waals surface area (Å²) in [7, 11) is 0. The monoisotopic (exact) mass is 600 g/mol. The molecule has 0 unspecified atom stereocenters. The van der Waals surface area contributed by atoms with Crippen molar-refractivity contribution in [3.8, 4) is 11.5 Å². The van der Waals surface area contributed by atoms with Crippen LogP contribution in [0.4, 0.5) is 24.0 Å². The first-order chi connectivity index (χ1) is 17.5. The second-order valence-electron chi connectivity index (χ2n) is 7.25. The number of carbonyl (C=O) groups is 2. The highest BCUT2D eigenvalue weighted by Crippen LogP contribution is 2.34. The second kappa shape index (κ2) is 12.5. The summed E-state index contributed by atoms with van der Waals surface area (Å²) in [4.78, 5) is 27.3. The van der Waals surface area contributed by atoms with Crippen LogP contribution >= 0.6 is 27.3 Å². The zero-order valence-corrected chi connectivity index (χ0v) is 21.5. The molecule has 0 radical (unpaired) electrons. The summed E-state index contributed by atoms with van der Waals surface area (Å²) in [5.74, 6) is -1.06. The lowest BCUT2D eigenvalue weighted by atomic mass is 10.2. The van der Waals surface area contributed by atoms with Crippen molar-refractivity contribution < 1.29 is 37.3 Å². The molecule has 0 saturated carbocycles. The van der Waals surface area contributed by atoms with Crippen molar-refractivity contribution in [2.24, 2.45) is 5.10 Å². The third-order valence-electron chi connectivity index (χ3n) is 4.44. The predicted octanol–water partition coefficient (Wildman–Crippen LogP) is 5.22. The van der Waals surface area contributed by atoms with E-state index >= 15 is 0 Å². The number of hydrogen-bond donors (Lipinski definition) is 3. The van der Waals surface area contributed by atoms with Gasteiger partial charge >= 0.3 is 12.1 Å². The first kappa shape index (κ1) is 27.9. The molecule has 0 spiro atoms. The molecule has 14 heteroatoms. The molecule has 0 aliphatic carbocycles. The lowest BCUT2D eigenvalue weighted by molar-refractivity contribution is -0.139. The van der Waals surface area contributed by atoms with Gasteiger partial charge in [0.05, 0.1) is 30.5 Å². The highest BCUT2D eigenvalue weighted by Gasteiger charge is 2.30. The van der Waals surface area contributed by atoms with Gasteiger partial charge in [0.25, 0.3) is 0 Å². The largest absolute Gasteiger partial charge is 0.490 e. The van der Waals surface area contributed by atoms with Crippen LogP contribution in [0.15, 0.2) is 51.4 Å². The van der Waals surface area contributed by atoms with Gasteiger partial charge in [-0.25, -0.2) is 15.2 Å². The number of aliphatic carboxylic acids is 1. The van der Waals surface area contributed by atoms with E-state index in [1.165, 1.54) is 24.4 Å². The van der Waals surface area contributed by atoms with Crippen molar-refractivity contribution in [2.75, 3.05) is 18.5 Å². The van der Waals surface area contributed by atoms with Crippen LogP contribution in [0.3, 0.4) is 0 Å². The first-order valence-corrected chi connectivity index (χ1v) is 12.2. The van der Waals surface area contributed by atoms with Gasteiger partial charge in [-0.2, -0.15) is 18.3 Å². The number of benzene rings is 2. The molecule has 3 rings (SSSR count). The number of ether oxygens (including phenoxy) is 2. The second-order valence-corrected chi connectivity index (χ2v) is 8.97. The summed E-state index contributed by atoms with van der Waals surface area (Å²) in [6, 6.07) is 7.83. The summed E-state index contributed by atoms with van der Waals surface area (Å²) in [5, 5.41) is 17.5. The average Bonchev–Trinajstić information content (AvgIpc) is 3.26. The van der Waals surface area contributed by atoms with Gasteiger partial charge < -0.3 is 19.9 Å². The Morgan fingerprint density at radius 1 is 1.22 bits per heavy atom. The smallest absolute Gasteiger partial charge is 0.416 e. The number of aromatic nitrogens is 1. The molecule has 0 saturated heterocycles. The topological polar surface area (TPSA) is 122 Å². The van der Waals surface area contributed by atoms with Gasteiger partial charge in [0, 0.05) is 21.1 Å². The fourth-order valence-electron chi connectivity index (χ4n) is 2.89. The number of hydrogen-bond acceptors (Lipinski definition) is 8. The number of rotatable bonds is 11. The molecule has 196 valence electrons. The average molecular weight is 601 g/mol. The van der Waals surface area contributed by atoms with Crippen molar-refractivity contribution >= 4 is 56.2 Å². The molecule has 9 nitrogen and oxygen atoms in total. The number of alkyl halides is 3. The number of amides is 1. The van der Waals surface area contributed by atoms with E-state index in [1.807, 2.05) is 0 Å². The zero-order chi connectivity index (χ0) is 27.0. The quantitative estimate of drug-likeness (QED) is 0.204. The third-order valence-corrected chi connectivity index (χ3v) is 5.93. The Morgan fingerprint density at radius 2 is 1.97 bits per heavy atom. The Labute approximate surface area is 221 Å². The molecule has 1 aromatic heterocycles. The maximum atomic E-state index is 12.9. The highest BCUT2D eigenvalue weighted by molar-refractivity contribution is 9.10. The van der Waals surface area contributed by atoms with Gasteiger partial charge in [-0.3, -0.25) is 4.79 Å². The van der Waals surface area contributed by atoms with Gasteiger partial charge in [0.2, 0.25) is 5.91 Å². The van der Waals surface area contributed by atoms with Crippen molar-refractivity contribution in [3.05, 3.63) is 63.1 Å². The van der Waals surface area contributed by atoms with E-state index in [1.54, 1.807) is 18.4 Å². The van der Waals surface area contributed by atoms with Crippen molar-refractivity contribution in [1.29, 1.82) is 0 Å². The molecule has 0 aliphatic heterocycles. The number of nitrogens with zero attached hydrogens (tertiary/aromatic N) is 2. The van der Waals surface area contributed by atoms with E-state index in [-0.39, 0.29) is 17.9 Å². The molecule has 0 fully saturated rings. The van der Waals surface area contributed by atoms with Crippen LogP contribution in [0.1, 0.15) is 23.7 Å². The van der Waals surface area contributed by atoms with E-state index in [2.05, 4.69) is 36.8 Å². The highest BCUT2D eigenvalue weighted by atomic mass is 79.9. The molecule has 0 bridgehead atoms. The van der Waals surface area contributed by atoms with Crippen LogP contribution in [0, 0.1) is 0 Å². The minimum atomic E-state index is -4.46. The number of carboxylic acids is 1. The van der Waals surface area contributed by atoms with Crippen LogP contribution in [0.2, 0.25) is 0 Å². The van der Waals surface area contributed by atoms with Crippen molar-refractivity contribution in [2.45, 2.75) is 19.5 Å². The SMILES string of the molecule is CCOc1cc(/C=N\NC(=O)Cc2csc(Nc3cccc(C(F)(F)F)c3)n2)c(Br)cc1OCC(=O)O. The molecule has 1 heterocycles. The normalized spacial score (nSPS) is 11.4. The summed E-state index contributed by atoms with van der Waals surface area (Å²) in [6.07, 6.45) is -3.20. The summed E-state index contributed by atoms with van der Waals surface area (Å²) >= 11 is 4.49. The summed E-state index contributed by atoms with van der Waals surface area (Å²) < 4.78 is 49.9. The van der Waals surface area contributed by atoms with E-state index in [0.29, 0.717) is 33.2 Å². The Balaban J connectivity index is 1.59. The first-order valence-electron chi connectivity index (χ1n) is 10.6. The number of nitrogens with one attached hydrogen (secondary N) is 2.